The smallest absolute Gasteiger partial charge is 0.256 e. The largest absolute Gasteiger partial charge is 0.480 e. The topological polar surface area (TPSA) is 106 Å². The number of carbonyl (C=O) groups is 2. The highest BCUT2D eigenvalue weighted by molar-refractivity contribution is 6.05. The molecule has 8 heteroatoms. The maximum Gasteiger partial charge on any atom is 0.256 e. The van der Waals surface area contributed by atoms with E-state index in [1.807, 2.05) is 25.1 Å². The summed E-state index contributed by atoms with van der Waals surface area (Å²) in [5.74, 6) is -0.115. The average molecular weight is 343 g/mol. The number of benzene rings is 1. The Balaban J connectivity index is 2.48. The van der Waals surface area contributed by atoms with E-state index in [4.69, 9.17) is 4.74 Å². The van der Waals surface area contributed by atoms with Gasteiger partial charge < -0.3 is 4.74 Å². The van der Waals surface area contributed by atoms with Crippen LogP contribution in [0.3, 0.4) is 0 Å². The molecule has 0 aliphatic rings. The minimum Gasteiger partial charge on any atom is -0.480 e. The molecule has 0 unspecified atom stereocenters. The lowest BCUT2D eigenvalue weighted by Gasteiger charge is -2.10. The van der Waals surface area contributed by atoms with Crippen molar-refractivity contribution in [3.63, 3.8) is 0 Å². The fourth-order valence-electron chi connectivity index (χ4n) is 2.04. The number of amides is 2. The summed E-state index contributed by atoms with van der Waals surface area (Å²) in [6.45, 7) is 5.36. The SMILES string of the molecule is CCC(=O)NC(=Nc1nc(OC)c2cc(C)ccc2n1)NC(=O)CC. The summed E-state index contributed by atoms with van der Waals surface area (Å²) in [4.78, 5) is 36.1. The number of aliphatic imine (C=N–C) groups is 1. The molecular formula is C17H21N5O3. The van der Waals surface area contributed by atoms with Gasteiger partial charge in [0.2, 0.25) is 23.7 Å². The number of carbonyl (C=O) groups excluding carboxylic acids is 2. The van der Waals surface area contributed by atoms with Crippen LogP contribution in [0.15, 0.2) is 23.2 Å². The molecule has 0 aliphatic heterocycles. The van der Waals surface area contributed by atoms with Crippen LogP contribution in [0.5, 0.6) is 5.88 Å². The maximum absolute atomic E-state index is 11.6. The van der Waals surface area contributed by atoms with Gasteiger partial charge in [-0.1, -0.05) is 25.5 Å². The first-order valence-electron chi connectivity index (χ1n) is 7.97. The minimum atomic E-state index is -0.279. The zero-order valence-corrected chi connectivity index (χ0v) is 14.7. The molecule has 8 nitrogen and oxygen atoms in total. The zero-order valence-electron chi connectivity index (χ0n) is 14.7. The molecule has 0 spiro atoms. The molecule has 1 aromatic heterocycles. The van der Waals surface area contributed by atoms with Crippen molar-refractivity contribution in [1.82, 2.24) is 20.6 Å². The maximum atomic E-state index is 11.6. The Bertz CT molecular complexity index is 812. The van der Waals surface area contributed by atoms with Crippen LogP contribution in [0.1, 0.15) is 32.3 Å². The fourth-order valence-corrected chi connectivity index (χ4v) is 2.04. The van der Waals surface area contributed by atoms with E-state index in [1.54, 1.807) is 13.8 Å². The lowest BCUT2D eigenvalue weighted by atomic mass is 10.2. The predicted octanol–water partition coefficient (Wildman–Crippen LogP) is 1.99. The molecule has 2 aromatic rings. The summed E-state index contributed by atoms with van der Waals surface area (Å²) in [5, 5.41) is 5.83. The van der Waals surface area contributed by atoms with Gasteiger partial charge in [-0.2, -0.15) is 9.98 Å². The molecule has 1 heterocycles. The van der Waals surface area contributed by atoms with E-state index >= 15 is 0 Å². The quantitative estimate of drug-likeness (QED) is 0.652. The van der Waals surface area contributed by atoms with Crippen LogP contribution < -0.4 is 15.4 Å². The second-order valence-corrected chi connectivity index (χ2v) is 5.32. The van der Waals surface area contributed by atoms with Gasteiger partial charge in [-0.3, -0.25) is 20.2 Å². The molecule has 2 rings (SSSR count). The van der Waals surface area contributed by atoms with Crippen LogP contribution >= 0.6 is 0 Å². The number of guanidine groups is 1. The normalized spacial score (nSPS) is 10.2. The second kappa shape index (κ2) is 8.18. The highest BCUT2D eigenvalue weighted by Crippen LogP contribution is 2.25. The van der Waals surface area contributed by atoms with Gasteiger partial charge in [-0.15, -0.1) is 0 Å². The number of rotatable bonds is 4. The first-order valence-corrected chi connectivity index (χ1v) is 7.97. The zero-order chi connectivity index (χ0) is 18.4. The number of ether oxygens (including phenoxy) is 1. The Morgan fingerprint density at radius 3 is 2.32 bits per heavy atom. The predicted molar refractivity (Wildman–Crippen MR) is 94.8 cm³/mol. The lowest BCUT2D eigenvalue weighted by molar-refractivity contribution is -0.119. The highest BCUT2D eigenvalue weighted by atomic mass is 16.5. The highest BCUT2D eigenvalue weighted by Gasteiger charge is 2.12. The van der Waals surface area contributed by atoms with Gasteiger partial charge in [0.25, 0.3) is 5.95 Å². The third kappa shape index (κ3) is 4.72. The number of hydrogen-bond donors (Lipinski definition) is 2. The van der Waals surface area contributed by atoms with Crippen molar-refractivity contribution >= 4 is 34.6 Å². The molecule has 0 fully saturated rings. The van der Waals surface area contributed by atoms with E-state index in [-0.39, 0.29) is 36.6 Å². The summed E-state index contributed by atoms with van der Waals surface area (Å²) in [6.07, 6.45) is 0.504. The second-order valence-electron chi connectivity index (χ2n) is 5.32. The van der Waals surface area contributed by atoms with Crippen LogP contribution in [0.25, 0.3) is 10.9 Å². The Morgan fingerprint density at radius 1 is 1.12 bits per heavy atom. The van der Waals surface area contributed by atoms with E-state index in [9.17, 15) is 9.59 Å². The summed E-state index contributed by atoms with van der Waals surface area (Å²) in [5.41, 5.74) is 1.70. The number of nitrogens with one attached hydrogen (secondary N) is 2. The van der Waals surface area contributed by atoms with Gasteiger partial charge in [0.15, 0.2) is 0 Å². The Labute approximate surface area is 145 Å². The van der Waals surface area contributed by atoms with E-state index in [2.05, 4.69) is 25.6 Å². The van der Waals surface area contributed by atoms with Crippen LogP contribution in [-0.2, 0) is 9.59 Å². The molecule has 1 aromatic carbocycles. The molecule has 25 heavy (non-hydrogen) atoms. The van der Waals surface area contributed by atoms with Crippen molar-refractivity contribution < 1.29 is 14.3 Å². The van der Waals surface area contributed by atoms with Crippen LogP contribution in [0.4, 0.5) is 5.95 Å². The van der Waals surface area contributed by atoms with Crippen molar-refractivity contribution in [3.8, 4) is 5.88 Å². The molecule has 132 valence electrons. The van der Waals surface area contributed by atoms with Gasteiger partial charge in [0, 0.05) is 12.8 Å². The van der Waals surface area contributed by atoms with Gasteiger partial charge in [0.05, 0.1) is 18.0 Å². The number of nitrogens with zero attached hydrogens (tertiary/aromatic N) is 3. The lowest BCUT2D eigenvalue weighted by Crippen LogP contribution is -2.43. The Morgan fingerprint density at radius 2 is 1.76 bits per heavy atom. The number of aromatic nitrogens is 2. The molecule has 2 N–H and O–H groups in total. The van der Waals surface area contributed by atoms with Crippen molar-refractivity contribution in [2.24, 2.45) is 4.99 Å². The van der Waals surface area contributed by atoms with E-state index < -0.39 is 0 Å². The van der Waals surface area contributed by atoms with Gasteiger partial charge >= 0.3 is 0 Å². The number of methoxy groups -OCH3 is 1. The summed E-state index contributed by atoms with van der Waals surface area (Å²) < 4.78 is 5.31. The monoisotopic (exact) mass is 343 g/mol. The van der Waals surface area contributed by atoms with Gasteiger partial charge in [-0.25, -0.2) is 4.98 Å². The summed E-state index contributed by atoms with van der Waals surface area (Å²) in [6, 6.07) is 5.67. The summed E-state index contributed by atoms with van der Waals surface area (Å²) >= 11 is 0. The van der Waals surface area contributed by atoms with Crippen molar-refractivity contribution in [2.45, 2.75) is 33.6 Å². The molecule has 2 amide bonds. The average Bonchev–Trinajstić information content (AvgIpc) is 2.60. The molecule has 0 bridgehead atoms. The fraction of sp³-hybridized carbons (Fsp3) is 0.353. The van der Waals surface area contributed by atoms with Crippen LogP contribution in [-0.4, -0.2) is 34.9 Å². The van der Waals surface area contributed by atoms with E-state index in [0.29, 0.717) is 11.4 Å². The van der Waals surface area contributed by atoms with Crippen molar-refractivity contribution in [3.05, 3.63) is 23.8 Å². The Kier molecular flexibility index (Phi) is 5.99. The van der Waals surface area contributed by atoms with E-state index in [0.717, 1.165) is 10.9 Å². The van der Waals surface area contributed by atoms with E-state index in [1.165, 1.54) is 7.11 Å². The van der Waals surface area contributed by atoms with Crippen LogP contribution in [0.2, 0.25) is 0 Å². The standard InChI is InChI=1S/C17H21N5O3/c1-5-13(23)19-17(20-14(24)6-2)22-16-18-12-8-7-10(3)9-11(12)15(21-16)25-4/h7-9H,5-6H2,1-4H3,(H2,18,19,20,21,22,23,24). The Hall–Kier alpha value is -3.03. The van der Waals surface area contributed by atoms with Gasteiger partial charge in [-0.05, 0) is 19.1 Å². The van der Waals surface area contributed by atoms with Crippen LogP contribution in [0, 0.1) is 6.92 Å². The molecule has 0 saturated carbocycles. The molecule has 0 atom stereocenters. The summed E-state index contributed by atoms with van der Waals surface area (Å²) in [7, 11) is 1.51. The van der Waals surface area contributed by atoms with Crippen molar-refractivity contribution in [2.75, 3.05) is 7.11 Å². The third-order valence-corrected chi connectivity index (χ3v) is 3.37. The minimum absolute atomic E-state index is 0.00721. The molecule has 0 aliphatic carbocycles. The number of fused-ring (bicyclic) bond motifs is 1. The third-order valence-electron chi connectivity index (χ3n) is 3.37. The van der Waals surface area contributed by atoms with Crippen molar-refractivity contribution in [1.29, 1.82) is 0 Å². The molecule has 0 radical (unpaired) electrons. The molecular weight excluding hydrogens is 322 g/mol. The first kappa shape index (κ1) is 18.3. The van der Waals surface area contributed by atoms with Gasteiger partial charge in [0.1, 0.15) is 0 Å². The number of hydrogen-bond acceptors (Lipinski definition) is 6. The molecule has 0 saturated heterocycles. The number of aryl methyl sites for hydroxylation is 1. The first-order chi connectivity index (χ1) is 12.0.